The second kappa shape index (κ2) is 5.04. The lowest BCUT2D eigenvalue weighted by Crippen LogP contribution is -2.24. The molecule has 1 N–H and O–H groups in total. The number of benzene rings is 1. The molecule has 4 nitrogen and oxygen atoms in total. The lowest BCUT2D eigenvalue weighted by atomic mass is 9.94. The SMILES string of the molecule is COc1c(C)c(C)c(Br)c(C)c1C1CN(C)C(=O)N1. The summed E-state index contributed by atoms with van der Waals surface area (Å²) in [6, 6.07) is -0.0659. The Labute approximate surface area is 122 Å². The van der Waals surface area contributed by atoms with Crippen molar-refractivity contribution in [3.63, 3.8) is 0 Å². The van der Waals surface area contributed by atoms with Gasteiger partial charge in [-0.05, 0) is 37.5 Å². The maximum absolute atomic E-state index is 11.7. The fourth-order valence-corrected chi connectivity index (χ4v) is 3.13. The van der Waals surface area contributed by atoms with Gasteiger partial charge in [-0.25, -0.2) is 4.79 Å². The maximum atomic E-state index is 11.7. The summed E-state index contributed by atoms with van der Waals surface area (Å²) < 4.78 is 6.67. The Morgan fingerprint density at radius 3 is 2.37 bits per heavy atom. The van der Waals surface area contributed by atoms with Crippen LogP contribution in [0.4, 0.5) is 4.79 Å². The summed E-state index contributed by atoms with van der Waals surface area (Å²) in [4.78, 5) is 13.4. The van der Waals surface area contributed by atoms with E-state index in [4.69, 9.17) is 4.74 Å². The number of likely N-dealkylation sites (N-methyl/N-ethyl adjacent to an activating group) is 1. The van der Waals surface area contributed by atoms with Crippen molar-refractivity contribution in [3.8, 4) is 5.75 Å². The van der Waals surface area contributed by atoms with Crippen molar-refractivity contribution < 1.29 is 9.53 Å². The number of amides is 2. The summed E-state index contributed by atoms with van der Waals surface area (Å²) in [5.74, 6) is 0.874. The van der Waals surface area contributed by atoms with Crippen LogP contribution in [-0.4, -0.2) is 31.6 Å². The summed E-state index contributed by atoms with van der Waals surface area (Å²) >= 11 is 3.64. The molecule has 2 amide bonds. The van der Waals surface area contributed by atoms with Crippen LogP contribution in [0.25, 0.3) is 0 Å². The molecule has 1 fully saturated rings. The van der Waals surface area contributed by atoms with Crippen LogP contribution >= 0.6 is 15.9 Å². The summed E-state index contributed by atoms with van der Waals surface area (Å²) in [6.07, 6.45) is 0. The summed E-state index contributed by atoms with van der Waals surface area (Å²) in [7, 11) is 3.48. The van der Waals surface area contributed by atoms with Gasteiger partial charge in [-0.2, -0.15) is 0 Å². The molecule has 1 aromatic rings. The van der Waals surface area contributed by atoms with Crippen molar-refractivity contribution in [2.45, 2.75) is 26.8 Å². The van der Waals surface area contributed by atoms with Gasteiger partial charge in [-0.15, -0.1) is 0 Å². The van der Waals surface area contributed by atoms with Crippen LogP contribution in [0.15, 0.2) is 4.47 Å². The fourth-order valence-electron chi connectivity index (χ4n) is 2.61. The summed E-state index contributed by atoms with van der Waals surface area (Å²) in [6.45, 7) is 6.82. The molecule has 0 aliphatic carbocycles. The van der Waals surface area contributed by atoms with Gasteiger partial charge in [0.2, 0.25) is 0 Å². The van der Waals surface area contributed by atoms with Crippen LogP contribution in [0.5, 0.6) is 5.75 Å². The Hall–Kier alpha value is -1.23. The lowest BCUT2D eigenvalue weighted by molar-refractivity contribution is 0.226. The Balaban J connectivity index is 2.60. The van der Waals surface area contributed by atoms with E-state index in [1.54, 1.807) is 19.1 Å². The number of rotatable bonds is 2. The largest absolute Gasteiger partial charge is 0.496 e. The number of nitrogens with one attached hydrogen (secondary N) is 1. The zero-order valence-electron chi connectivity index (χ0n) is 11.9. The van der Waals surface area contributed by atoms with Gasteiger partial charge in [0.15, 0.2) is 0 Å². The van der Waals surface area contributed by atoms with Gasteiger partial charge in [0.05, 0.1) is 13.2 Å². The number of halogens is 1. The highest BCUT2D eigenvalue weighted by molar-refractivity contribution is 9.10. The first-order valence-corrected chi connectivity index (χ1v) is 7.02. The van der Waals surface area contributed by atoms with Crippen LogP contribution in [0.3, 0.4) is 0 Å². The van der Waals surface area contributed by atoms with Crippen LogP contribution in [0.2, 0.25) is 0 Å². The summed E-state index contributed by atoms with van der Waals surface area (Å²) in [5, 5.41) is 3.00. The third-order valence-corrected chi connectivity index (χ3v) is 5.05. The highest BCUT2D eigenvalue weighted by Gasteiger charge is 2.32. The average molecular weight is 327 g/mol. The maximum Gasteiger partial charge on any atom is 0.317 e. The van der Waals surface area contributed by atoms with E-state index < -0.39 is 0 Å². The second-order valence-corrected chi connectivity index (χ2v) is 5.81. The zero-order chi connectivity index (χ0) is 14.3. The molecule has 1 heterocycles. The number of hydrogen-bond donors (Lipinski definition) is 1. The van der Waals surface area contributed by atoms with E-state index in [1.807, 2.05) is 6.92 Å². The van der Waals surface area contributed by atoms with E-state index in [0.29, 0.717) is 6.54 Å². The molecule has 1 aliphatic rings. The molecule has 1 aromatic carbocycles. The van der Waals surface area contributed by atoms with Crippen molar-refractivity contribution in [2.75, 3.05) is 20.7 Å². The van der Waals surface area contributed by atoms with E-state index in [2.05, 4.69) is 35.1 Å². The van der Waals surface area contributed by atoms with E-state index in [1.165, 1.54) is 5.56 Å². The van der Waals surface area contributed by atoms with E-state index in [9.17, 15) is 4.79 Å². The van der Waals surface area contributed by atoms with Crippen molar-refractivity contribution >= 4 is 22.0 Å². The molecule has 19 heavy (non-hydrogen) atoms. The molecule has 1 aliphatic heterocycles. The van der Waals surface area contributed by atoms with Crippen molar-refractivity contribution in [1.82, 2.24) is 10.2 Å². The van der Waals surface area contributed by atoms with Crippen molar-refractivity contribution in [3.05, 3.63) is 26.7 Å². The van der Waals surface area contributed by atoms with Crippen LogP contribution in [0.1, 0.15) is 28.3 Å². The summed E-state index contributed by atoms with van der Waals surface area (Å²) in [5.41, 5.74) is 4.48. The molecule has 0 spiro atoms. The Bertz CT molecular complexity index is 543. The standard InChI is InChI=1S/C14H19BrN2O2/c1-7-8(2)13(19-5)11(9(3)12(7)15)10-6-17(4)14(18)16-10/h10H,6H2,1-5H3,(H,16,18). The molecule has 0 saturated carbocycles. The van der Waals surface area contributed by atoms with Crippen LogP contribution < -0.4 is 10.1 Å². The van der Waals surface area contributed by atoms with Gasteiger partial charge in [-0.1, -0.05) is 15.9 Å². The predicted molar refractivity (Wildman–Crippen MR) is 78.8 cm³/mol. The molecule has 1 atom stereocenters. The molecule has 0 aromatic heterocycles. The first-order valence-electron chi connectivity index (χ1n) is 6.23. The average Bonchev–Trinajstić information content (AvgIpc) is 2.70. The third-order valence-electron chi connectivity index (χ3n) is 3.86. The third kappa shape index (κ3) is 2.20. The quantitative estimate of drug-likeness (QED) is 0.907. The van der Waals surface area contributed by atoms with E-state index in [-0.39, 0.29) is 12.1 Å². The second-order valence-electron chi connectivity index (χ2n) is 5.02. The topological polar surface area (TPSA) is 41.6 Å². The zero-order valence-corrected chi connectivity index (χ0v) is 13.5. The molecule has 5 heteroatoms. The Morgan fingerprint density at radius 2 is 1.89 bits per heavy atom. The molecular formula is C14H19BrN2O2. The van der Waals surface area contributed by atoms with Crippen molar-refractivity contribution in [2.24, 2.45) is 0 Å². The number of carbonyl (C=O) groups excluding carboxylic acids is 1. The molecule has 104 valence electrons. The van der Waals surface area contributed by atoms with Gasteiger partial charge in [0.1, 0.15) is 5.75 Å². The van der Waals surface area contributed by atoms with Gasteiger partial charge < -0.3 is 15.0 Å². The molecular weight excluding hydrogens is 308 g/mol. The van der Waals surface area contributed by atoms with Gasteiger partial charge in [0, 0.05) is 23.6 Å². The Kier molecular flexibility index (Phi) is 3.76. The normalized spacial score (nSPS) is 18.7. The van der Waals surface area contributed by atoms with Crippen molar-refractivity contribution in [1.29, 1.82) is 0 Å². The number of ether oxygens (including phenoxy) is 1. The first kappa shape index (κ1) is 14.2. The van der Waals surface area contributed by atoms with Crippen LogP contribution in [-0.2, 0) is 0 Å². The van der Waals surface area contributed by atoms with Gasteiger partial charge in [-0.3, -0.25) is 0 Å². The highest BCUT2D eigenvalue weighted by Crippen LogP contribution is 2.40. The minimum Gasteiger partial charge on any atom is -0.496 e. The predicted octanol–water partition coefficient (Wildman–Crippen LogP) is 3.08. The Morgan fingerprint density at radius 1 is 1.26 bits per heavy atom. The molecule has 2 rings (SSSR count). The van der Waals surface area contributed by atoms with E-state index >= 15 is 0 Å². The molecule has 1 saturated heterocycles. The number of nitrogens with zero attached hydrogens (tertiary/aromatic N) is 1. The smallest absolute Gasteiger partial charge is 0.317 e. The number of methoxy groups -OCH3 is 1. The van der Waals surface area contributed by atoms with E-state index in [0.717, 1.165) is 26.9 Å². The highest BCUT2D eigenvalue weighted by atomic mass is 79.9. The molecule has 1 unspecified atom stereocenters. The molecule has 0 radical (unpaired) electrons. The number of hydrogen-bond acceptors (Lipinski definition) is 2. The van der Waals surface area contributed by atoms with Gasteiger partial charge in [0.25, 0.3) is 0 Å². The fraction of sp³-hybridized carbons (Fsp3) is 0.500. The van der Waals surface area contributed by atoms with Gasteiger partial charge >= 0.3 is 6.03 Å². The number of urea groups is 1. The molecule has 0 bridgehead atoms. The lowest BCUT2D eigenvalue weighted by Gasteiger charge is -2.22. The number of carbonyl (C=O) groups is 1. The monoisotopic (exact) mass is 326 g/mol. The minimum atomic E-state index is -0.0409. The minimum absolute atomic E-state index is 0.0250. The van der Waals surface area contributed by atoms with Crippen LogP contribution in [0, 0.1) is 20.8 Å². The first-order chi connectivity index (χ1) is 8.88.